The number of carbonyl (C=O) groups is 1. The predicted octanol–water partition coefficient (Wildman–Crippen LogP) is 2.22. The summed E-state index contributed by atoms with van der Waals surface area (Å²) in [5.41, 5.74) is 0.638. The zero-order chi connectivity index (χ0) is 19.2. The normalized spacial score (nSPS) is 19.1. The van der Waals surface area contributed by atoms with E-state index in [0.717, 1.165) is 44.8 Å². The topological polar surface area (TPSA) is 90.6 Å². The number of amides is 1. The van der Waals surface area contributed by atoms with E-state index in [-0.39, 0.29) is 12.0 Å². The molecule has 2 aliphatic heterocycles. The van der Waals surface area contributed by atoms with Crippen molar-refractivity contribution >= 4 is 5.91 Å². The number of carbonyl (C=O) groups excluding carboxylic acids is 1. The molecule has 28 heavy (non-hydrogen) atoms. The molecule has 2 saturated heterocycles. The Bertz CT molecular complexity index is 753. The summed E-state index contributed by atoms with van der Waals surface area (Å²) in [6.07, 6.45) is 7.65. The van der Waals surface area contributed by atoms with Gasteiger partial charge in [0.25, 0.3) is 5.91 Å². The number of pyridine rings is 1. The first-order valence-corrected chi connectivity index (χ1v) is 10.0. The highest BCUT2D eigenvalue weighted by Crippen LogP contribution is 2.25. The lowest BCUT2D eigenvalue weighted by molar-refractivity contribution is 0.00946. The summed E-state index contributed by atoms with van der Waals surface area (Å²) < 4.78 is 16.8. The Morgan fingerprint density at radius 1 is 1.21 bits per heavy atom. The first-order chi connectivity index (χ1) is 13.8. The van der Waals surface area contributed by atoms with Gasteiger partial charge in [0.2, 0.25) is 5.89 Å². The quantitative estimate of drug-likeness (QED) is 0.752. The van der Waals surface area contributed by atoms with Gasteiger partial charge in [-0.05, 0) is 37.8 Å². The molecule has 2 aliphatic rings. The van der Waals surface area contributed by atoms with Crippen LogP contribution in [0, 0.1) is 0 Å². The van der Waals surface area contributed by atoms with Crippen LogP contribution in [0.15, 0.2) is 29.0 Å². The third-order valence-electron chi connectivity index (χ3n) is 5.37. The highest BCUT2D eigenvalue weighted by molar-refractivity contribution is 5.93. The summed E-state index contributed by atoms with van der Waals surface area (Å²) in [7, 11) is 0. The second-order valence-corrected chi connectivity index (χ2v) is 7.29. The monoisotopic (exact) mass is 386 g/mol. The zero-order valence-electron chi connectivity index (χ0n) is 16.0. The number of hydrogen-bond acceptors (Lipinski definition) is 7. The van der Waals surface area contributed by atoms with E-state index in [2.05, 4.69) is 15.1 Å². The van der Waals surface area contributed by atoms with Crippen LogP contribution < -0.4 is 0 Å². The third-order valence-corrected chi connectivity index (χ3v) is 5.37. The predicted molar refractivity (Wildman–Crippen MR) is 99.9 cm³/mol. The van der Waals surface area contributed by atoms with Gasteiger partial charge in [0.1, 0.15) is 0 Å². The van der Waals surface area contributed by atoms with Crippen LogP contribution in [-0.4, -0.2) is 64.9 Å². The molecular formula is C20H26N4O4. The van der Waals surface area contributed by atoms with E-state index < -0.39 is 0 Å². The lowest BCUT2D eigenvalue weighted by Gasteiger charge is -2.31. The van der Waals surface area contributed by atoms with Gasteiger partial charge in [-0.15, -0.1) is 0 Å². The number of ether oxygens (including phenoxy) is 2. The maximum atomic E-state index is 12.4. The average Bonchev–Trinajstić information content (AvgIpc) is 3.24. The Labute approximate surface area is 164 Å². The Hall–Kier alpha value is -2.32. The highest BCUT2D eigenvalue weighted by Gasteiger charge is 2.25. The van der Waals surface area contributed by atoms with Crippen molar-refractivity contribution in [2.24, 2.45) is 0 Å². The van der Waals surface area contributed by atoms with Crippen LogP contribution in [-0.2, 0) is 15.9 Å². The molecule has 8 nitrogen and oxygen atoms in total. The highest BCUT2D eigenvalue weighted by atomic mass is 16.5. The standard InChI is InChI=1S/C20H26N4O4/c25-20(16-2-1-8-21-14-16)24-9-3-17(4-10-24)27-13-7-18-22-19(28-23-18)15-5-11-26-12-6-15/h1-2,8,14-15,17H,3-7,9-13H2. The van der Waals surface area contributed by atoms with E-state index in [9.17, 15) is 4.79 Å². The van der Waals surface area contributed by atoms with Crippen molar-refractivity contribution in [3.8, 4) is 0 Å². The fourth-order valence-corrected chi connectivity index (χ4v) is 3.69. The minimum absolute atomic E-state index is 0.0407. The molecule has 0 atom stereocenters. The summed E-state index contributed by atoms with van der Waals surface area (Å²) in [5.74, 6) is 1.78. The van der Waals surface area contributed by atoms with Crippen LogP contribution in [0.5, 0.6) is 0 Å². The van der Waals surface area contributed by atoms with Crippen LogP contribution in [0.2, 0.25) is 0 Å². The van der Waals surface area contributed by atoms with Gasteiger partial charge in [-0.2, -0.15) is 4.98 Å². The van der Waals surface area contributed by atoms with Gasteiger partial charge in [-0.25, -0.2) is 0 Å². The first kappa shape index (κ1) is 19.0. The molecule has 8 heteroatoms. The van der Waals surface area contributed by atoms with E-state index >= 15 is 0 Å². The molecule has 1 amide bonds. The maximum Gasteiger partial charge on any atom is 0.255 e. The second-order valence-electron chi connectivity index (χ2n) is 7.29. The smallest absolute Gasteiger partial charge is 0.255 e. The molecule has 150 valence electrons. The lowest BCUT2D eigenvalue weighted by Crippen LogP contribution is -2.41. The van der Waals surface area contributed by atoms with Gasteiger partial charge in [-0.3, -0.25) is 9.78 Å². The van der Waals surface area contributed by atoms with Crippen molar-refractivity contribution in [3.05, 3.63) is 41.8 Å². The van der Waals surface area contributed by atoms with Crippen LogP contribution >= 0.6 is 0 Å². The number of hydrogen-bond donors (Lipinski definition) is 0. The van der Waals surface area contributed by atoms with Crippen LogP contribution in [0.3, 0.4) is 0 Å². The number of nitrogens with zero attached hydrogens (tertiary/aromatic N) is 4. The average molecular weight is 386 g/mol. The SMILES string of the molecule is O=C(c1cccnc1)N1CCC(OCCc2noc(C3CCOCC3)n2)CC1. The second kappa shape index (κ2) is 9.25. The molecule has 2 fully saturated rings. The third kappa shape index (κ3) is 4.74. The fraction of sp³-hybridized carbons (Fsp3) is 0.600. The first-order valence-electron chi connectivity index (χ1n) is 10.0. The Kier molecular flexibility index (Phi) is 6.28. The number of aromatic nitrogens is 3. The Morgan fingerprint density at radius 2 is 2.04 bits per heavy atom. The number of piperidine rings is 1. The van der Waals surface area contributed by atoms with Crippen LogP contribution in [0.1, 0.15) is 53.7 Å². The summed E-state index contributed by atoms with van der Waals surface area (Å²) in [4.78, 5) is 22.9. The van der Waals surface area contributed by atoms with Crippen molar-refractivity contribution < 1.29 is 18.8 Å². The minimum atomic E-state index is 0.0407. The minimum Gasteiger partial charge on any atom is -0.381 e. The van der Waals surface area contributed by atoms with Gasteiger partial charge < -0.3 is 18.9 Å². The fourth-order valence-electron chi connectivity index (χ4n) is 3.69. The summed E-state index contributed by atoms with van der Waals surface area (Å²) in [5, 5.41) is 4.08. The molecule has 0 bridgehead atoms. The molecule has 4 heterocycles. The van der Waals surface area contributed by atoms with Gasteiger partial charge >= 0.3 is 0 Å². The molecule has 0 radical (unpaired) electrons. The molecule has 0 unspecified atom stereocenters. The molecule has 0 saturated carbocycles. The van der Waals surface area contributed by atoms with Gasteiger partial charge in [0.05, 0.1) is 18.3 Å². The molecule has 2 aromatic heterocycles. The van der Waals surface area contributed by atoms with E-state index in [1.165, 1.54) is 0 Å². The van der Waals surface area contributed by atoms with Crippen molar-refractivity contribution in [2.45, 2.75) is 44.1 Å². The van der Waals surface area contributed by atoms with Gasteiger partial charge in [0.15, 0.2) is 5.82 Å². The van der Waals surface area contributed by atoms with Crippen molar-refractivity contribution in [2.75, 3.05) is 32.9 Å². The molecule has 2 aromatic rings. The maximum absolute atomic E-state index is 12.4. The Balaban J connectivity index is 1.18. The number of likely N-dealkylation sites (tertiary alicyclic amines) is 1. The van der Waals surface area contributed by atoms with Gasteiger partial charge in [-0.1, -0.05) is 5.16 Å². The van der Waals surface area contributed by atoms with E-state index in [1.807, 2.05) is 4.90 Å². The van der Waals surface area contributed by atoms with Crippen molar-refractivity contribution in [1.82, 2.24) is 20.0 Å². The summed E-state index contributed by atoms with van der Waals surface area (Å²) in [6.45, 7) is 3.48. The summed E-state index contributed by atoms with van der Waals surface area (Å²) in [6, 6.07) is 3.59. The molecule has 0 spiro atoms. The summed E-state index contributed by atoms with van der Waals surface area (Å²) >= 11 is 0. The Morgan fingerprint density at radius 3 is 2.79 bits per heavy atom. The van der Waals surface area contributed by atoms with Gasteiger partial charge in [0, 0.05) is 51.0 Å². The van der Waals surface area contributed by atoms with E-state index in [4.69, 9.17) is 14.0 Å². The number of rotatable bonds is 6. The van der Waals surface area contributed by atoms with Crippen LogP contribution in [0.4, 0.5) is 0 Å². The molecular weight excluding hydrogens is 360 g/mol. The lowest BCUT2D eigenvalue weighted by atomic mass is 10.0. The molecule has 4 rings (SSSR count). The van der Waals surface area contributed by atoms with Crippen molar-refractivity contribution in [1.29, 1.82) is 0 Å². The molecule has 0 N–H and O–H groups in total. The van der Waals surface area contributed by atoms with E-state index in [0.29, 0.717) is 43.4 Å². The molecule has 0 aliphatic carbocycles. The van der Waals surface area contributed by atoms with E-state index in [1.54, 1.807) is 24.5 Å². The zero-order valence-corrected chi connectivity index (χ0v) is 16.0. The molecule has 0 aromatic carbocycles. The van der Waals surface area contributed by atoms with Crippen LogP contribution in [0.25, 0.3) is 0 Å². The van der Waals surface area contributed by atoms with Crippen molar-refractivity contribution in [3.63, 3.8) is 0 Å². The largest absolute Gasteiger partial charge is 0.381 e.